The van der Waals surface area contributed by atoms with Crippen LogP contribution in [-0.2, 0) is 17.6 Å². The Hall–Kier alpha value is -1.68. The standard InChI is InChI=1S/C15H12ClF3N2O.ClH/c1-2-22-9-21-13(15(17,18)19)7-11(8-20)14(21)10-3-5-12(16)6-4-10;/h3-7H,2,9H2,1H3;1H. The molecule has 1 aromatic heterocycles. The summed E-state index contributed by atoms with van der Waals surface area (Å²) in [5, 5.41) is 9.63. The smallest absolute Gasteiger partial charge is 0.361 e. The number of alkyl halides is 3. The summed E-state index contributed by atoms with van der Waals surface area (Å²) in [5.41, 5.74) is -0.340. The Bertz CT molecular complexity index is 703. The summed E-state index contributed by atoms with van der Waals surface area (Å²) in [6, 6.07) is 8.90. The van der Waals surface area contributed by atoms with Gasteiger partial charge in [0.1, 0.15) is 18.5 Å². The van der Waals surface area contributed by atoms with Gasteiger partial charge in [0.15, 0.2) is 0 Å². The first-order chi connectivity index (χ1) is 10.4. The zero-order valence-corrected chi connectivity index (χ0v) is 13.6. The van der Waals surface area contributed by atoms with Crippen molar-refractivity contribution < 1.29 is 17.9 Å². The number of aromatic nitrogens is 1. The van der Waals surface area contributed by atoms with Gasteiger partial charge in [0.25, 0.3) is 0 Å². The van der Waals surface area contributed by atoms with Gasteiger partial charge in [0.2, 0.25) is 0 Å². The van der Waals surface area contributed by atoms with E-state index in [1.807, 2.05) is 6.07 Å². The highest BCUT2D eigenvalue weighted by molar-refractivity contribution is 6.30. The minimum atomic E-state index is -4.58. The predicted octanol–water partition coefficient (Wildman–Crippen LogP) is 5.11. The summed E-state index contributed by atoms with van der Waals surface area (Å²) in [4.78, 5) is 0. The summed E-state index contributed by atoms with van der Waals surface area (Å²) in [5.74, 6) is 0. The van der Waals surface area contributed by atoms with Crippen molar-refractivity contribution in [1.82, 2.24) is 4.57 Å². The van der Waals surface area contributed by atoms with Gasteiger partial charge in [-0.3, -0.25) is 0 Å². The molecule has 3 nitrogen and oxygen atoms in total. The highest BCUT2D eigenvalue weighted by Gasteiger charge is 2.37. The highest BCUT2D eigenvalue weighted by atomic mass is 35.5. The van der Waals surface area contributed by atoms with Crippen LogP contribution in [0.5, 0.6) is 0 Å². The summed E-state index contributed by atoms with van der Waals surface area (Å²) in [6.45, 7) is 1.66. The molecular formula is C15H13Cl2F3N2O. The Morgan fingerprint density at radius 2 is 1.87 bits per heavy atom. The van der Waals surface area contributed by atoms with Crippen molar-refractivity contribution >= 4 is 24.0 Å². The van der Waals surface area contributed by atoms with Crippen LogP contribution >= 0.6 is 24.0 Å². The van der Waals surface area contributed by atoms with Crippen molar-refractivity contribution in [2.45, 2.75) is 19.8 Å². The molecule has 0 saturated carbocycles. The molecule has 23 heavy (non-hydrogen) atoms. The molecule has 0 amide bonds. The lowest BCUT2D eigenvalue weighted by atomic mass is 10.1. The maximum atomic E-state index is 13.2. The van der Waals surface area contributed by atoms with E-state index < -0.39 is 11.9 Å². The SMILES string of the molecule is CCOCn1c(C(F)(F)F)cc(C#N)c1-c1ccc(Cl)cc1.Cl. The summed E-state index contributed by atoms with van der Waals surface area (Å²) in [6.07, 6.45) is -4.58. The van der Waals surface area contributed by atoms with Crippen molar-refractivity contribution in [2.75, 3.05) is 6.61 Å². The second kappa shape index (κ2) is 7.73. The third kappa shape index (κ3) is 4.20. The van der Waals surface area contributed by atoms with Crippen LogP contribution in [0.4, 0.5) is 13.2 Å². The summed E-state index contributed by atoms with van der Waals surface area (Å²) < 4.78 is 45.6. The molecule has 0 N–H and O–H groups in total. The summed E-state index contributed by atoms with van der Waals surface area (Å²) >= 11 is 5.80. The van der Waals surface area contributed by atoms with Gasteiger partial charge >= 0.3 is 6.18 Å². The van der Waals surface area contributed by atoms with E-state index >= 15 is 0 Å². The van der Waals surface area contributed by atoms with Crippen molar-refractivity contribution in [3.8, 4) is 17.3 Å². The molecule has 0 fully saturated rings. The minimum absolute atomic E-state index is 0. The number of hydrogen-bond acceptors (Lipinski definition) is 2. The zero-order valence-electron chi connectivity index (χ0n) is 12.0. The Morgan fingerprint density at radius 1 is 1.26 bits per heavy atom. The molecular weight excluding hydrogens is 352 g/mol. The molecule has 0 unspecified atom stereocenters. The highest BCUT2D eigenvalue weighted by Crippen LogP contribution is 2.37. The molecule has 0 aliphatic heterocycles. The van der Waals surface area contributed by atoms with Gasteiger partial charge in [-0.05, 0) is 30.7 Å². The molecule has 124 valence electrons. The van der Waals surface area contributed by atoms with Crippen LogP contribution in [0.2, 0.25) is 5.02 Å². The maximum Gasteiger partial charge on any atom is 0.431 e. The van der Waals surface area contributed by atoms with E-state index in [0.717, 1.165) is 10.6 Å². The number of halogens is 5. The Morgan fingerprint density at radius 3 is 2.35 bits per heavy atom. The first-order valence-corrected chi connectivity index (χ1v) is 6.80. The van der Waals surface area contributed by atoms with E-state index in [0.29, 0.717) is 10.6 Å². The monoisotopic (exact) mass is 364 g/mol. The number of nitrogens with zero attached hydrogens (tertiary/aromatic N) is 2. The fraction of sp³-hybridized carbons (Fsp3) is 0.267. The number of hydrogen-bond donors (Lipinski definition) is 0. The molecule has 2 rings (SSSR count). The van der Waals surface area contributed by atoms with Gasteiger partial charge < -0.3 is 9.30 Å². The lowest BCUT2D eigenvalue weighted by molar-refractivity contribution is -0.145. The molecule has 1 heterocycles. The summed E-state index contributed by atoms with van der Waals surface area (Å²) in [7, 11) is 0. The lowest BCUT2D eigenvalue weighted by Crippen LogP contribution is -2.15. The number of benzene rings is 1. The van der Waals surface area contributed by atoms with Gasteiger partial charge in [0.05, 0.1) is 11.3 Å². The molecule has 0 atom stereocenters. The zero-order chi connectivity index (χ0) is 16.3. The molecule has 0 spiro atoms. The molecule has 0 saturated heterocycles. The van der Waals surface area contributed by atoms with Crippen LogP contribution < -0.4 is 0 Å². The van der Waals surface area contributed by atoms with Gasteiger partial charge in [-0.1, -0.05) is 23.7 Å². The van der Waals surface area contributed by atoms with E-state index in [1.165, 1.54) is 0 Å². The normalized spacial score (nSPS) is 11.0. The minimum Gasteiger partial charge on any atom is -0.361 e. The quantitative estimate of drug-likeness (QED) is 0.755. The van der Waals surface area contributed by atoms with Crippen molar-refractivity contribution in [3.63, 3.8) is 0 Å². The third-order valence-electron chi connectivity index (χ3n) is 3.05. The topological polar surface area (TPSA) is 38.0 Å². The van der Waals surface area contributed by atoms with Crippen molar-refractivity contribution in [3.05, 3.63) is 46.6 Å². The molecule has 1 aromatic carbocycles. The first-order valence-electron chi connectivity index (χ1n) is 6.43. The maximum absolute atomic E-state index is 13.2. The number of rotatable bonds is 4. The Labute approximate surface area is 142 Å². The Balaban J connectivity index is 0.00000264. The third-order valence-corrected chi connectivity index (χ3v) is 3.30. The average molecular weight is 365 g/mol. The molecule has 0 aliphatic carbocycles. The van der Waals surface area contributed by atoms with Gasteiger partial charge in [-0.25, -0.2) is 0 Å². The van der Waals surface area contributed by atoms with Crippen molar-refractivity contribution in [2.24, 2.45) is 0 Å². The van der Waals surface area contributed by atoms with Crippen LogP contribution in [0, 0.1) is 11.3 Å². The second-order valence-electron chi connectivity index (χ2n) is 4.46. The largest absolute Gasteiger partial charge is 0.431 e. The van der Waals surface area contributed by atoms with Crippen LogP contribution in [-0.4, -0.2) is 11.2 Å². The average Bonchev–Trinajstić information content (AvgIpc) is 2.84. The van der Waals surface area contributed by atoms with Gasteiger partial charge in [0, 0.05) is 11.6 Å². The van der Waals surface area contributed by atoms with E-state index in [1.54, 1.807) is 31.2 Å². The molecule has 2 aromatic rings. The first kappa shape index (κ1) is 19.4. The fourth-order valence-corrected chi connectivity index (χ4v) is 2.23. The Kier molecular flexibility index (Phi) is 6.51. The van der Waals surface area contributed by atoms with Crippen LogP contribution in [0.15, 0.2) is 30.3 Å². The fourth-order valence-electron chi connectivity index (χ4n) is 2.10. The molecule has 0 aliphatic rings. The van der Waals surface area contributed by atoms with E-state index in [-0.39, 0.29) is 37.0 Å². The van der Waals surface area contributed by atoms with Crippen molar-refractivity contribution in [1.29, 1.82) is 5.26 Å². The van der Waals surface area contributed by atoms with Gasteiger partial charge in [-0.2, -0.15) is 18.4 Å². The predicted molar refractivity (Wildman–Crippen MR) is 83.5 cm³/mol. The molecule has 0 radical (unpaired) electrons. The van der Waals surface area contributed by atoms with E-state index in [4.69, 9.17) is 21.6 Å². The van der Waals surface area contributed by atoms with Crippen LogP contribution in [0.1, 0.15) is 18.2 Å². The molecule has 8 heteroatoms. The second-order valence-corrected chi connectivity index (χ2v) is 4.89. The van der Waals surface area contributed by atoms with Crippen LogP contribution in [0.3, 0.4) is 0 Å². The van der Waals surface area contributed by atoms with E-state index in [9.17, 15) is 13.2 Å². The number of ether oxygens (including phenoxy) is 1. The number of nitriles is 1. The van der Waals surface area contributed by atoms with Gasteiger partial charge in [-0.15, -0.1) is 12.4 Å². The van der Waals surface area contributed by atoms with E-state index in [2.05, 4.69) is 0 Å². The molecule has 0 bridgehead atoms. The lowest BCUT2D eigenvalue weighted by Gasteiger charge is -2.15. The van der Waals surface area contributed by atoms with Crippen LogP contribution in [0.25, 0.3) is 11.3 Å².